The van der Waals surface area contributed by atoms with Crippen molar-refractivity contribution in [2.24, 2.45) is 0 Å². The molecule has 0 aromatic heterocycles. The second-order valence-corrected chi connectivity index (χ2v) is 11.8. The molecule has 0 aliphatic rings. The molecule has 0 aliphatic carbocycles. The van der Waals surface area contributed by atoms with Gasteiger partial charge in [0.1, 0.15) is 0 Å². The van der Waals surface area contributed by atoms with E-state index in [0.717, 1.165) is 11.1 Å². The van der Waals surface area contributed by atoms with Gasteiger partial charge in [0.15, 0.2) is 0 Å². The van der Waals surface area contributed by atoms with Gasteiger partial charge in [-0.15, -0.1) is 3.63 Å². The lowest BCUT2D eigenvalue weighted by Crippen LogP contribution is -2.16. The molecule has 2 aromatic carbocycles. The molecule has 0 unspecified atom stereocenters. The maximum Gasteiger partial charge on any atom is 0.311 e. The predicted octanol–water partition coefficient (Wildman–Crippen LogP) is 4.38. The van der Waals surface area contributed by atoms with E-state index in [1.54, 1.807) is 24.3 Å². The summed E-state index contributed by atoms with van der Waals surface area (Å²) in [4.78, 5) is -0.407. The highest BCUT2D eigenvalue weighted by molar-refractivity contribution is 7.99. The molecule has 5 nitrogen and oxygen atoms in total. The van der Waals surface area contributed by atoms with Crippen LogP contribution in [0.4, 0.5) is 0 Å². The Balaban J connectivity index is 2.30. The van der Waals surface area contributed by atoms with Crippen molar-refractivity contribution >= 4 is 20.2 Å². The van der Waals surface area contributed by atoms with Crippen LogP contribution >= 0.6 is 0 Å². The van der Waals surface area contributed by atoms with Gasteiger partial charge in [-0.05, 0) is 46.2 Å². The third-order valence-electron chi connectivity index (χ3n) is 4.20. The van der Waals surface area contributed by atoms with Crippen molar-refractivity contribution in [3.05, 3.63) is 59.7 Å². The Morgan fingerprint density at radius 2 is 0.815 bits per heavy atom. The van der Waals surface area contributed by atoms with Crippen molar-refractivity contribution in [3.8, 4) is 0 Å². The smallest absolute Gasteiger partial charge is 0.193 e. The average molecular weight is 411 g/mol. The maximum absolute atomic E-state index is 12.4. The second kappa shape index (κ2) is 7.04. The summed E-state index contributed by atoms with van der Waals surface area (Å²) in [5.74, 6) is 0. The molecule has 0 saturated carbocycles. The molecule has 0 saturated heterocycles. The van der Waals surface area contributed by atoms with Crippen LogP contribution < -0.4 is 0 Å². The van der Waals surface area contributed by atoms with Crippen LogP contribution in [-0.2, 0) is 34.7 Å². The largest absolute Gasteiger partial charge is 0.311 e. The molecular weight excluding hydrogens is 384 g/mol. The Hall–Kier alpha value is -1.70. The predicted molar refractivity (Wildman–Crippen MR) is 106 cm³/mol. The Morgan fingerprint density at radius 1 is 0.556 bits per heavy atom. The van der Waals surface area contributed by atoms with Crippen molar-refractivity contribution in [1.29, 1.82) is 0 Å². The molecule has 0 amide bonds. The van der Waals surface area contributed by atoms with E-state index >= 15 is 0 Å². The fraction of sp³-hybridized carbons (Fsp3) is 0.400. The first-order valence-corrected chi connectivity index (χ1v) is 11.4. The molecule has 0 heterocycles. The highest BCUT2D eigenvalue weighted by atomic mass is 32.3. The van der Waals surface area contributed by atoms with Crippen LogP contribution in [0.3, 0.4) is 0 Å². The summed E-state index contributed by atoms with van der Waals surface area (Å²) in [6, 6.07) is 12.0. The standard InChI is InChI=1S/C20H26O5S2/c1-19(2,3)15-7-11-17(12-8-15)26(21,22)25-27(23,24)18-13-9-16(10-14-18)20(4,5)6/h7-14H,1-6H3. The van der Waals surface area contributed by atoms with E-state index in [2.05, 4.69) is 3.63 Å². The topological polar surface area (TPSA) is 77.5 Å². The fourth-order valence-corrected chi connectivity index (χ4v) is 4.95. The van der Waals surface area contributed by atoms with Crippen molar-refractivity contribution in [1.82, 2.24) is 0 Å². The lowest BCUT2D eigenvalue weighted by atomic mass is 9.87. The van der Waals surface area contributed by atoms with Gasteiger partial charge >= 0.3 is 20.2 Å². The maximum atomic E-state index is 12.4. The quantitative estimate of drug-likeness (QED) is 0.748. The van der Waals surface area contributed by atoms with Crippen LogP contribution in [0.25, 0.3) is 0 Å². The lowest BCUT2D eigenvalue weighted by molar-refractivity contribution is 0.461. The summed E-state index contributed by atoms with van der Waals surface area (Å²) in [6.45, 7) is 12.0. The lowest BCUT2D eigenvalue weighted by Gasteiger charge is -2.19. The third-order valence-corrected chi connectivity index (χ3v) is 7.33. The van der Waals surface area contributed by atoms with E-state index in [4.69, 9.17) is 0 Å². The Kier molecular flexibility index (Phi) is 5.63. The number of benzene rings is 2. The van der Waals surface area contributed by atoms with E-state index < -0.39 is 20.2 Å². The van der Waals surface area contributed by atoms with Crippen molar-refractivity contribution in [2.45, 2.75) is 62.2 Å². The Bertz CT molecular complexity index is 918. The van der Waals surface area contributed by atoms with Gasteiger partial charge in [0.2, 0.25) is 0 Å². The zero-order chi connectivity index (χ0) is 20.7. The first kappa shape index (κ1) is 21.6. The van der Waals surface area contributed by atoms with Gasteiger partial charge in [-0.3, -0.25) is 0 Å². The fourth-order valence-electron chi connectivity index (χ4n) is 2.44. The van der Waals surface area contributed by atoms with Gasteiger partial charge in [0.05, 0.1) is 9.79 Å². The van der Waals surface area contributed by atoms with E-state index in [1.807, 2.05) is 41.5 Å². The van der Waals surface area contributed by atoms with Crippen molar-refractivity contribution in [2.75, 3.05) is 0 Å². The monoisotopic (exact) mass is 410 g/mol. The normalized spacial score (nSPS) is 13.6. The number of hydrogen-bond acceptors (Lipinski definition) is 5. The van der Waals surface area contributed by atoms with Gasteiger partial charge in [0.25, 0.3) is 0 Å². The minimum absolute atomic E-state index is 0.149. The molecule has 0 atom stereocenters. The highest BCUT2D eigenvalue weighted by Gasteiger charge is 2.27. The molecule has 2 rings (SSSR count). The average Bonchev–Trinajstić information content (AvgIpc) is 2.52. The molecule has 0 fully saturated rings. The van der Waals surface area contributed by atoms with E-state index in [9.17, 15) is 16.8 Å². The minimum atomic E-state index is -4.45. The highest BCUT2D eigenvalue weighted by Crippen LogP contribution is 2.27. The SMILES string of the molecule is CC(C)(C)c1ccc(S(=O)(=O)OS(=O)(=O)c2ccc(C(C)(C)C)cc2)cc1. The van der Waals surface area contributed by atoms with Gasteiger partial charge in [-0.1, -0.05) is 65.8 Å². The summed E-state index contributed by atoms with van der Waals surface area (Å²) < 4.78 is 54.2. The molecule has 0 spiro atoms. The van der Waals surface area contributed by atoms with Gasteiger partial charge < -0.3 is 0 Å². The zero-order valence-corrected chi connectivity index (χ0v) is 18.1. The van der Waals surface area contributed by atoms with Crippen LogP contribution in [0.1, 0.15) is 52.7 Å². The van der Waals surface area contributed by atoms with Crippen molar-refractivity contribution < 1.29 is 20.5 Å². The summed E-state index contributed by atoms with van der Waals surface area (Å²) in [7, 11) is -8.91. The van der Waals surface area contributed by atoms with E-state index in [1.165, 1.54) is 24.3 Å². The van der Waals surface area contributed by atoms with Crippen LogP contribution in [-0.4, -0.2) is 16.8 Å². The second-order valence-electron chi connectivity index (χ2n) is 8.53. The first-order chi connectivity index (χ1) is 12.1. The number of hydrogen-bond donors (Lipinski definition) is 0. The summed E-state index contributed by atoms with van der Waals surface area (Å²) in [6.07, 6.45) is 0. The van der Waals surface area contributed by atoms with E-state index in [-0.39, 0.29) is 20.6 Å². The van der Waals surface area contributed by atoms with Crippen LogP contribution in [0.15, 0.2) is 58.3 Å². The molecule has 2 aromatic rings. The molecule has 0 N–H and O–H groups in total. The van der Waals surface area contributed by atoms with Gasteiger partial charge in [-0.25, -0.2) is 0 Å². The molecule has 27 heavy (non-hydrogen) atoms. The first-order valence-electron chi connectivity index (χ1n) is 8.55. The number of rotatable bonds is 4. The molecule has 0 bridgehead atoms. The van der Waals surface area contributed by atoms with Crippen LogP contribution in [0.5, 0.6) is 0 Å². The van der Waals surface area contributed by atoms with Crippen LogP contribution in [0, 0.1) is 0 Å². The molecule has 0 aliphatic heterocycles. The van der Waals surface area contributed by atoms with Gasteiger partial charge in [0, 0.05) is 0 Å². The Labute approximate surface area is 162 Å². The summed E-state index contributed by atoms with van der Waals surface area (Å²) >= 11 is 0. The van der Waals surface area contributed by atoms with Crippen LogP contribution in [0.2, 0.25) is 0 Å². The summed E-state index contributed by atoms with van der Waals surface area (Å²) in [5.41, 5.74) is 1.57. The van der Waals surface area contributed by atoms with E-state index in [0.29, 0.717) is 0 Å². The molecule has 0 radical (unpaired) electrons. The zero-order valence-electron chi connectivity index (χ0n) is 16.5. The minimum Gasteiger partial charge on any atom is -0.193 e. The molecule has 148 valence electrons. The Morgan fingerprint density at radius 3 is 1.04 bits per heavy atom. The van der Waals surface area contributed by atoms with Crippen molar-refractivity contribution in [3.63, 3.8) is 0 Å². The van der Waals surface area contributed by atoms with Gasteiger partial charge in [-0.2, -0.15) is 16.8 Å². The third kappa shape index (κ3) is 5.18. The molecule has 7 heteroatoms. The summed E-state index contributed by atoms with van der Waals surface area (Å²) in [5, 5.41) is 0. The molecular formula is C20H26O5S2.